The number of amides is 3. The third-order valence-corrected chi connectivity index (χ3v) is 3.54. The molecule has 0 aliphatic heterocycles. The molecule has 3 N–H and O–H groups in total. The number of nitrogens with one attached hydrogen (secondary N) is 3. The van der Waals surface area contributed by atoms with Gasteiger partial charge in [-0.3, -0.25) is 25.2 Å². The maximum atomic E-state index is 11.9. The first-order chi connectivity index (χ1) is 12.0. The van der Waals surface area contributed by atoms with Crippen molar-refractivity contribution in [3.63, 3.8) is 0 Å². The molecule has 2 rings (SSSR count). The lowest BCUT2D eigenvalue weighted by atomic mass is 10.1. The SMILES string of the molecule is Cc1ccc(C(=O)NNC(=O)CCC(=O)NCc2ccccc2)cc1. The van der Waals surface area contributed by atoms with E-state index >= 15 is 0 Å². The molecule has 0 aliphatic carbocycles. The van der Waals surface area contributed by atoms with E-state index in [-0.39, 0.29) is 18.7 Å². The Morgan fingerprint density at radius 3 is 2.12 bits per heavy atom. The summed E-state index contributed by atoms with van der Waals surface area (Å²) in [5.74, 6) is -1.04. The summed E-state index contributed by atoms with van der Waals surface area (Å²) in [6.07, 6.45) is 0.0495. The number of rotatable bonds is 6. The second-order valence-electron chi connectivity index (χ2n) is 5.63. The Labute approximate surface area is 146 Å². The van der Waals surface area contributed by atoms with E-state index < -0.39 is 11.8 Å². The monoisotopic (exact) mass is 339 g/mol. The Hall–Kier alpha value is -3.15. The highest BCUT2D eigenvalue weighted by atomic mass is 16.2. The zero-order valence-electron chi connectivity index (χ0n) is 14.0. The van der Waals surface area contributed by atoms with E-state index in [1.807, 2.05) is 49.4 Å². The van der Waals surface area contributed by atoms with E-state index in [2.05, 4.69) is 16.2 Å². The number of aryl methyl sites for hydroxylation is 1. The van der Waals surface area contributed by atoms with E-state index in [4.69, 9.17) is 0 Å². The Balaban J connectivity index is 1.65. The van der Waals surface area contributed by atoms with Crippen LogP contribution in [0.25, 0.3) is 0 Å². The van der Waals surface area contributed by atoms with Crippen LogP contribution < -0.4 is 16.2 Å². The summed E-state index contributed by atoms with van der Waals surface area (Å²) in [5.41, 5.74) is 7.12. The van der Waals surface area contributed by atoms with Gasteiger partial charge >= 0.3 is 0 Å². The highest BCUT2D eigenvalue weighted by Gasteiger charge is 2.09. The van der Waals surface area contributed by atoms with Crippen molar-refractivity contribution in [3.05, 3.63) is 71.3 Å². The predicted octanol–water partition coefficient (Wildman–Crippen LogP) is 1.85. The molecule has 0 radical (unpaired) electrons. The van der Waals surface area contributed by atoms with Crippen LogP contribution in [0, 0.1) is 6.92 Å². The molecule has 0 aliphatic rings. The molecule has 0 bridgehead atoms. The van der Waals surface area contributed by atoms with Gasteiger partial charge in [0.15, 0.2) is 0 Å². The highest BCUT2D eigenvalue weighted by Crippen LogP contribution is 2.02. The summed E-state index contributed by atoms with van der Waals surface area (Å²) in [4.78, 5) is 35.3. The van der Waals surface area contributed by atoms with Gasteiger partial charge in [0, 0.05) is 24.9 Å². The molecule has 6 heteroatoms. The fourth-order valence-corrected chi connectivity index (χ4v) is 2.08. The van der Waals surface area contributed by atoms with Gasteiger partial charge in [0.2, 0.25) is 11.8 Å². The summed E-state index contributed by atoms with van der Waals surface area (Å²) < 4.78 is 0. The lowest BCUT2D eigenvalue weighted by Gasteiger charge is -2.08. The second kappa shape index (κ2) is 9.22. The molecule has 6 nitrogen and oxygen atoms in total. The van der Waals surface area contributed by atoms with Crippen LogP contribution in [0.4, 0.5) is 0 Å². The number of carbonyl (C=O) groups excluding carboxylic acids is 3. The largest absolute Gasteiger partial charge is 0.352 e. The lowest BCUT2D eigenvalue weighted by Crippen LogP contribution is -2.42. The summed E-state index contributed by atoms with van der Waals surface area (Å²) >= 11 is 0. The molecular formula is C19H21N3O3. The molecule has 0 saturated heterocycles. The predicted molar refractivity (Wildman–Crippen MR) is 94.3 cm³/mol. The molecule has 0 heterocycles. The normalized spacial score (nSPS) is 9.96. The van der Waals surface area contributed by atoms with Gasteiger partial charge < -0.3 is 5.32 Å². The maximum absolute atomic E-state index is 11.9. The number of hydrazine groups is 1. The second-order valence-corrected chi connectivity index (χ2v) is 5.63. The topological polar surface area (TPSA) is 87.3 Å². The minimum absolute atomic E-state index is 0.00516. The maximum Gasteiger partial charge on any atom is 0.269 e. The van der Waals surface area contributed by atoms with Crippen molar-refractivity contribution in [1.82, 2.24) is 16.2 Å². The zero-order valence-corrected chi connectivity index (χ0v) is 14.0. The van der Waals surface area contributed by atoms with Crippen molar-refractivity contribution in [2.24, 2.45) is 0 Å². The van der Waals surface area contributed by atoms with Crippen molar-refractivity contribution >= 4 is 17.7 Å². The van der Waals surface area contributed by atoms with Crippen LogP contribution in [-0.4, -0.2) is 17.7 Å². The van der Waals surface area contributed by atoms with Gasteiger partial charge in [-0.25, -0.2) is 0 Å². The van der Waals surface area contributed by atoms with Crippen molar-refractivity contribution in [2.75, 3.05) is 0 Å². The van der Waals surface area contributed by atoms with E-state index in [1.165, 1.54) is 0 Å². The first kappa shape index (κ1) is 18.2. The molecular weight excluding hydrogens is 318 g/mol. The van der Waals surface area contributed by atoms with E-state index in [0.29, 0.717) is 12.1 Å². The average Bonchev–Trinajstić information content (AvgIpc) is 2.64. The highest BCUT2D eigenvalue weighted by molar-refractivity contribution is 5.95. The van der Waals surface area contributed by atoms with E-state index in [9.17, 15) is 14.4 Å². The molecule has 0 saturated carbocycles. The van der Waals surface area contributed by atoms with Crippen LogP contribution in [0.3, 0.4) is 0 Å². The summed E-state index contributed by atoms with van der Waals surface area (Å²) in [7, 11) is 0. The Kier molecular flexibility index (Phi) is 6.71. The molecule has 0 fully saturated rings. The van der Waals surface area contributed by atoms with Gasteiger partial charge in [-0.2, -0.15) is 0 Å². The molecule has 0 atom stereocenters. The number of hydrogen-bond acceptors (Lipinski definition) is 3. The third kappa shape index (κ3) is 6.47. The van der Waals surface area contributed by atoms with Gasteiger partial charge in [0.1, 0.15) is 0 Å². The van der Waals surface area contributed by atoms with Crippen molar-refractivity contribution in [2.45, 2.75) is 26.3 Å². The van der Waals surface area contributed by atoms with Crippen LogP contribution in [-0.2, 0) is 16.1 Å². The van der Waals surface area contributed by atoms with Crippen LogP contribution in [0.1, 0.15) is 34.3 Å². The minimum atomic E-state index is -0.421. The van der Waals surface area contributed by atoms with Crippen molar-refractivity contribution < 1.29 is 14.4 Å². The number of carbonyl (C=O) groups is 3. The summed E-state index contributed by atoms with van der Waals surface area (Å²) in [6, 6.07) is 16.5. The molecule has 0 spiro atoms. The molecule has 130 valence electrons. The van der Waals surface area contributed by atoms with Crippen molar-refractivity contribution in [3.8, 4) is 0 Å². The van der Waals surface area contributed by atoms with Crippen molar-refractivity contribution in [1.29, 1.82) is 0 Å². The van der Waals surface area contributed by atoms with E-state index in [1.54, 1.807) is 12.1 Å². The van der Waals surface area contributed by atoms with E-state index in [0.717, 1.165) is 11.1 Å². The van der Waals surface area contributed by atoms with Crippen LogP contribution in [0.2, 0.25) is 0 Å². The average molecular weight is 339 g/mol. The van der Waals surface area contributed by atoms with Gasteiger partial charge in [-0.05, 0) is 24.6 Å². The Morgan fingerprint density at radius 2 is 1.44 bits per heavy atom. The first-order valence-electron chi connectivity index (χ1n) is 8.01. The lowest BCUT2D eigenvalue weighted by molar-refractivity contribution is -0.126. The smallest absolute Gasteiger partial charge is 0.269 e. The fraction of sp³-hybridized carbons (Fsp3) is 0.211. The fourth-order valence-electron chi connectivity index (χ4n) is 2.08. The summed E-state index contributed by atoms with van der Waals surface area (Å²) in [6.45, 7) is 2.34. The Morgan fingerprint density at radius 1 is 0.800 bits per heavy atom. The van der Waals surface area contributed by atoms with Crippen LogP contribution in [0.5, 0.6) is 0 Å². The molecule has 2 aromatic carbocycles. The van der Waals surface area contributed by atoms with Gasteiger partial charge in [-0.15, -0.1) is 0 Å². The summed E-state index contributed by atoms with van der Waals surface area (Å²) in [5, 5.41) is 2.74. The minimum Gasteiger partial charge on any atom is -0.352 e. The quantitative estimate of drug-likeness (QED) is 0.702. The number of benzene rings is 2. The van der Waals surface area contributed by atoms with Gasteiger partial charge in [-0.1, -0.05) is 48.0 Å². The van der Waals surface area contributed by atoms with Gasteiger partial charge in [0.05, 0.1) is 0 Å². The first-order valence-corrected chi connectivity index (χ1v) is 8.01. The standard InChI is InChI=1S/C19H21N3O3/c1-14-7-9-16(10-8-14)19(25)22-21-18(24)12-11-17(23)20-13-15-5-3-2-4-6-15/h2-10H,11-13H2,1H3,(H,20,23)(H,21,24)(H,22,25). The number of hydrogen-bond donors (Lipinski definition) is 3. The van der Waals surface area contributed by atoms with Crippen LogP contribution in [0.15, 0.2) is 54.6 Å². The van der Waals surface area contributed by atoms with Crippen LogP contribution >= 0.6 is 0 Å². The third-order valence-electron chi connectivity index (χ3n) is 3.54. The molecule has 0 aromatic heterocycles. The Bertz CT molecular complexity index is 727. The zero-order chi connectivity index (χ0) is 18.1. The molecule has 2 aromatic rings. The molecule has 0 unspecified atom stereocenters. The molecule has 3 amide bonds. The van der Waals surface area contributed by atoms with Gasteiger partial charge in [0.25, 0.3) is 5.91 Å². The molecule has 25 heavy (non-hydrogen) atoms.